The zero-order valence-electron chi connectivity index (χ0n) is 12.3. The lowest BCUT2D eigenvalue weighted by Gasteiger charge is -2.13. The van der Waals surface area contributed by atoms with Crippen molar-refractivity contribution in [2.24, 2.45) is 4.40 Å². The molecule has 112 valence electrons. The molecule has 0 bridgehead atoms. The normalized spacial score (nSPS) is 13.8. The Kier molecular flexibility index (Phi) is 4.58. The molecule has 0 aliphatic carbocycles. The maximum absolute atomic E-state index is 12.0. The number of methoxy groups -OCH3 is 1. The standard InChI is InChI=1S/C14H16ClN3O2S/c1-14(2,3)21(19)18-7-9-6-17-13(20-4)11-8-16-12(15)5-10(9)11/h5-8H,1-4H3/t21-/m0/s1. The first kappa shape index (κ1) is 15.9. The molecular weight excluding hydrogens is 310 g/mol. The highest BCUT2D eigenvalue weighted by molar-refractivity contribution is 7.85. The number of hydrogen-bond donors (Lipinski definition) is 0. The van der Waals surface area contributed by atoms with E-state index in [-0.39, 0.29) is 0 Å². The first-order valence-electron chi connectivity index (χ1n) is 6.27. The van der Waals surface area contributed by atoms with Crippen molar-refractivity contribution in [3.05, 3.63) is 29.2 Å². The van der Waals surface area contributed by atoms with Crippen molar-refractivity contribution in [1.82, 2.24) is 9.97 Å². The summed E-state index contributed by atoms with van der Waals surface area (Å²) in [7, 11) is 0.209. The van der Waals surface area contributed by atoms with Crippen LogP contribution in [0.15, 0.2) is 22.9 Å². The van der Waals surface area contributed by atoms with Crippen molar-refractivity contribution < 1.29 is 8.95 Å². The van der Waals surface area contributed by atoms with Crippen LogP contribution >= 0.6 is 11.6 Å². The number of pyridine rings is 2. The average molecular weight is 326 g/mol. The highest BCUT2D eigenvalue weighted by Gasteiger charge is 2.18. The summed E-state index contributed by atoms with van der Waals surface area (Å²) in [5.41, 5.74) is 0.715. The number of rotatable bonds is 3. The molecule has 2 aromatic rings. The van der Waals surface area contributed by atoms with Gasteiger partial charge in [0.15, 0.2) is 0 Å². The Balaban J connectivity index is 2.53. The van der Waals surface area contributed by atoms with Gasteiger partial charge in [0.05, 0.1) is 17.2 Å². The van der Waals surface area contributed by atoms with Gasteiger partial charge in [-0.25, -0.2) is 14.2 Å². The van der Waals surface area contributed by atoms with Gasteiger partial charge in [-0.15, -0.1) is 0 Å². The summed E-state index contributed by atoms with van der Waals surface area (Å²) < 4.78 is 20.9. The maximum Gasteiger partial charge on any atom is 0.222 e. The lowest BCUT2D eigenvalue weighted by Crippen LogP contribution is -2.19. The highest BCUT2D eigenvalue weighted by atomic mass is 35.5. The zero-order chi connectivity index (χ0) is 15.6. The molecule has 0 aliphatic heterocycles. The Morgan fingerprint density at radius 3 is 2.62 bits per heavy atom. The number of nitrogens with zero attached hydrogens (tertiary/aromatic N) is 3. The highest BCUT2D eigenvalue weighted by Crippen LogP contribution is 2.26. The van der Waals surface area contributed by atoms with Crippen LogP contribution in [0, 0.1) is 0 Å². The fourth-order valence-electron chi connectivity index (χ4n) is 1.63. The van der Waals surface area contributed by atoms with Crippen molar-refractivity contribution in [3.8, 4) is 5.88 Å². The van der Waals surface area contributed by atoms with Crippen LogP contribution in [-0.4, -0.2) is 32.2 Å². The predicted molar refractivity (Wildman–Crippen MR) is 86.6 cm³/mol. The SMILES string of the molecule is COc1ncc(C=N[S@@](=O)C(C)(C)C)c2cc(Cl)ncc12. The zero-order valence-corrected chi connectivity index (χ0v) is 13.8. The summed E-state index contributed by atoms with van der Waals surface area (Å²) in [6, 6.07) is 1.71. The van der Waals surface area contributed by atoms with Gasteiger partial charge in [-0.1, -0.05) is 11.6 Å². The topological polar surface area (TPSA) is 64.4 Å². The van der Waals surface area contributed by atoms with Gasteiger partial charge in [0.2, 0.25) is 5.88 Å². The number of aromatic nitrogens is 2. The first-order valence-corrected chi connectivity index (χ1v) is 7.75. The fourth-order valence-corrected chi connectivity index (χ4v) is 2.32. The van der Waals surface area contributed by atoms with Crippen molar-refractivity contribution in [2.75, 3.05) is 7.11 Å². The molecule has 0 saturated carbocycles. The Morgan fingerprint density at radius 2 is 2.00 bits per heavy atom. The van der Waals surface area contributed by atoms with Gasteiger partial charge >= 0.3 is 0 Å². The molecule has 2 rings (SSSR count). The molecular formula is C14H16ClN3O2S. The van der Waals surface area contributed by atoms with Gasteiger partial charge in [0, 0.05) is 29.6 Å². The van der Waals surface area contributed by atoms with E-state index in [4.69, 9.17) is 16.3 Å². The first-order chi connectivity index (χ1) is 9.82. The Bertz CT molecular complexity index is 726. The third-order valence-corrected chi connectivity index (χ3v) is 4.29. The minimum atomic E-state index is -1.33. The summed E-state index contributed by atoms with van der Waals surface area (Å²) in [6.45, 7) is 5.60. The molecule has 5 nitrogen and oxygen atoms in total. The number of halogens is 1. The summed E-state index contributed by atoms with van der Waals surface area (Å²) in [5.74, 6) is 0.461. The summed E-state index contributed by atoms with van der Waals surface area (Å²) in [5, 5.41) is 1.89. The van der Waals surface area contributed by atoms with Crippen LogP contribution in [0.3, 0.4) is 0 Å². The minimum Gasteiger partial charge on any atom is -0.481 e. The van der Waals surface area contributed by atoms with E-state index in [9.17, 15) is 4.21 Å². The molecule has 1 atom stereocenters. The van der Waals surface area contributed by atoms with Gasteiger partial charge in [0.25, 0.3) is 0 Å². The molecule has 0 amide bonds. The summed E-state index contributed by atoms with van der Waals surface area (Å²) in [4.78, 5) is 8.23. The Labute approximate surface area is 131 Å². The van der Waals surface area contributed by atoms with E-state index in [0.717, 1.165) is 10.8 Å². The number of hydrogen-bond acceptors (Lipinski definition) is 4. The molecule has 21 heavy (non-hydrogen) atoms. The molecule has 0 spiro atoms. The Hall–Kier alpha value is -1.53. The van der Waals surface area contributed by atoms with Crippen LogP contribution in [0.2, 0.25) is 5.15 Å². The van der Waals surface area contributed by atoms with Gasteiger partial charge < -0.3 is 4.74 Å². The molecule has 0 N–H and O–H groups in total. The maximum atomic E-state index is 12.0. The predicted octanol–water partition coefficient (Wildman–Crippen LogP) is 3.17. The van der Waals surface area contributed by atoms with E-state index in [1.165, 1.54) is 0 Å². The van der Waals surface area contributed by atoms with Crippen LogP contribution in [0.4, 0.5) is 0 Å². The molecule has 0 saturated heterocycles. The van der Waals surface area contributed by atoms with Crippen LogP contribution in [0.25, 0.3) is 10.8 Å². The van der Waals surface area contributed by atoms with Gasteiger partial charge in [0.1, 0.15) is 16.1 Å². The quantitative estimate of drug-likeness (QED) is 0.642. The molecule has 0 unspecified atom stereocenters. The van der Waals surface area contributed by atoms with Crippen molar-refractivity contribution in [1.29, 1.82) is 0 Å². The Morgan fingerprint density at radius 1 is 1.29 bits per heavy atom. The van der Waals surface area contributed by atoms with Gasteiger partial charge in [-0.05, 0) is 26.8 Å². The molecule has 0 radical (unpaired) electrons. The van der Waals surface area contributed by atoms with E-state index in [1.807, 2.05) is 20.8 Å². The second-order valence-corrected chi connectivity index (χ2v) is 7.69. The third-order valence-electron chi connectivity index (χ3n) is 2.74. The third kappa shape index (κ3) is 3.57. The van der Waals surface area contributed by atoms with E-state index >= 15 is 0 Å². The van der Waals surface area contributed by atoms with E-state index in [2.05, 4.69) is 14.4 Å². The minimum absolute atomic E-state index is 0.363. The second-order valence-electron chi connectivity index (χ2n) is 5.37. The molecule has 0 aromatic carbocycles. The van der Waals surface area contributed by atoms with E-state index in [1.54, 1.807) is 31.8 Å². The lowest BCUT2D eigenvalue weighted by molar-refractivity contribution is 0.403. The van der Waals surface area contributed by atoms with E-state index in [0.29, 0.717) is 16.6 Å². The van der Waals surface area contributed by atoms with Crippen LogP contribution < -0.4 is 4.74 Å². The average Bonchev–Trinajstić information content (AvgIpc) is 2.43. The molecule has 2 aromatic heterocycles. The van der Waals surface area contributed by atoms with Crippen LogP contribution in [0.5, 0.6) is 5.88 Å². The summed E-state index contributed by atoms with van der Waals surface area (Å²) in [6.07, 6.45) is 4.76. The van der Waals surface area contributed by atoms with E-state index < -0.39 is 15.7 Å². The molecule has 0 fully saturated rings. The largest absolute Gasteiger partial charge is 0.481 e. The lowest BCUT2D eigenvalue weighted by atomic mass is 10.1. The monoisotopic (exact) mass is 325 g/mol. The van der Waals surface area contributed by atoms with Gasteiger partial charge in [-0.2, -0.15) is 4.40 Å². The van der Waals surface area contributed by atoms with Crippen LogP contribution in [-0.2, 0) is 11.0 Å². The smallest absolute Gasteiger partial charge is 0.222 e. The molecule has 2 heterocycles. The molecule has 7 heteroatoms. The van der Waals surface area contributed by atoms with Crippen LogP contribution in [0.1, 0.15) is 26.3 Å². The molecule has 0 aliphatic rings. The summed E-state index contributed by atoms with van der Waals surface area (Å²) >= 11 is 5.94. The second kappa shape index (κ2) is 6.07. The van der Waals surface area contributed by atoms with Crippen molar-refractivity contribution >= 4 is 39.6 Å². The number of ether oxygens (including phenoxy) is 1. The van der Waals surface area contributed by atoms with Crippen molar-refractivity contribution in [2.45, 2.75) is 25.5 Å². The van der Waals surface area contributed by atoms with Gasteiger partial charge in [-0.3, -0.25) is 0 Å². The van der Waals surface area contributed by atoms with Crippen molar-refractivity contribution in [3.63, 3.8) is 0 Å². The fraction of sp³-hybridized carbons (Fsp3) is 0.357. The number of fused-ring (bicyclic) bond motifs is 1.